The molecule has 1 atom stereocenters. The fourth-order valence-electron chi connectivity index (χ4n) is 2.69. The van der Waals surface area contributed by atoms with Crippen LogP contribution in [0.25, 0.3) is 0 Å². The summed E-state index contributed by atoms with van der Waals surface area (Å²) in [6.07, 6.45) is 3.81. The molecular weight excluding hydrogens is 246 g/mol. The Kier molecular flexibility index (Phi) is 4.95. The van der Waals surface area contributed by atoms with Crippen molar-refractivity contribution in [2.24, 2.45) is 5.92 Å². The van der Waals surface area contributed by atoms with Crippen molar-refractivity contribution in [3.8, 4) is 0 Å². The summed E-state index contributed by atoms with van der Waals surface area (Å²) in [4.78, 5) is 3.21. The number of hydrogen-bond donors (Lipinski definition) is 1. The standard InChI is InChI=1S/C14H23NS2/c1-4-10(5-2)14(15-3)13-8-11-9-16-7-6-12(11)17-13/h8,10,14-15H,4-7,9H2,1-3H3. The summed E-state index contributed by atoms with van der Waals surface area (Å²) in [6, 6.07) is 3.02. The molecule has 1 aromatic heterocycles. The molecule has 1 nitrogen and oxygen atoms in total. The maximum Gasteiger partial charge on any atom is 0.0440 e. The molecule has 17 heavy (non-hydrogen) atoms. The molecule has 2 rings (SSSR count). The molecule has 1 unspecified atom stereocenters. The van der Waals surface area contributed by atoms with Crippen molar-refractivity contribution in [1.29, 1.82) is 0 Å². The van der Waals surface area contributed by atoms with E-state index in [9.17, 15) is 0 Å². The Morgan fingerprint density at radius 1 is 1.35 bits per heavy atom. The van der Waals surface area contributed by atoms with Crippen LogP contribution in [0.3, 0.4) is 0 Å². The maximum atomic E-state index is 3.53. The average Bonchev–Trinajstić information content (AvgIpc) is 2.78. The zero-order valence-electron chi connectivity index (χ0n) is 11.1. The second kappa shape index (κ2) is 6.26. The van der Waals surface area contributed by atoms with Gasteiger partial charge < -0.3 is 5.32 Å². The van der Waals surface area contributed by atoms with Gasteiger partial charge in [-0.1, -0.05) is 26.7 Å². The van der Waals surface area contributed by atoms with Crippen LogP contribution in [0.1, 0.15) is 48.0 Å². The Bertz CT molecular complexity index is 332. The monoisotopic (exact) mass is 269 g/mol. The minimum absolute atomic E-state index is 0.561. The van der Waals surface area contributed by atoms with E-state index in [-0.39, 0.29) is 0 Å². The van der Waals surface area contributed by atoms with Crippen molar-refractivity contribution in [2.45, 2.75) is 44.9 Å². The quantitative estimate of drug-likeness (QED) is 0.858. The van der Waals surface area contributed by atoms with Crippen LogP contribution >= 0.6 is 23.1 Å². The van der Waals surface area contributed by atoms with Gasteiger partial charge in [0.05, 0.1) is 0 Å². The van der Waals surface area contributed by atoms with Crippen LogP contribution in [0.15, 0.2) is 6.07 Å². The van der Waals surface area contributed by atoms with Gasteiger partial charge in [-0.25, -0.2) is 0 Å². The highest BCUT2D eigenvalue weighted by Crippen LogP contribution is 2.37. The van der Waals surface area contributed by atoms with Gasteiger partial charge in [0.25, 0.3) is 0 Å². The summed E-state index contributed by atoms with van der Waals surface area (Å²) in [6.45, 7) is 4.61. The van der Waals surface area contributed by atoms with E-state index in [4.69, 9.17) is 0 Å². The third-order valence-electron chi connectivity index (χ3n) is 3.78. The first-order chi connectivity index (χ1) is 8.30. The van der Waals surface area contributed by atoms with E-state index in [1.54, 1.807) is 15.3 Å². The average molecular weight is 269 g/mol. The van der Waals surface area contributed by atoms with Gasteiger partial charge in [-0.15, -0.1) is 11.3 Å². The van der Waals surface area contributed by atoms with Crippen LogP contribution in [0, 0.1) is 5.92 Å². The maximum absolute atomic E-state index is 3.53. The summed E-state index contributed by atoms with van der Waals surface area (Å²) >= 11 is 4.13. The third-order valence-corrected chi connectivity index (χ3v) is 6.11. The molecule has 0 saturated heterocycles. The fraction of sp³-hybridized carbons (Fsp3) is 0.714. The van der Waals surface area contributed by atoms with Crippen LogP contribution in [0.2, 0.25) is 0 Å². The van der Waals surface area contributed by atoms with E-state index in [2.05, 4.69) is 55.4 Å². The van der Waals surface area contributed by atoms with E-state index >= 15 is 0 Å². The third kappa shape index (κ3) is 2.88. The highest BCUT2D eigenvalue weighted by molar-refractivity contribution is 7.98. The Balaban J connectivity index is 2.21. The minimum atomic E-state index is 0.561. The molecule has 0 saturated carbocycles. The van der Waals surface area contributed by atoms with Gasteiger partial charge in [-0.2, -0.15) is 11.8 Å². The summed E-state index contributed by atoms with van der Waals surface area (Å²) in [5.74, 6) is 3.31. The van der Waals surface area contributed by atoms with E-state index < -0.39 is 0 Å². The molecule has 1 aliphatic rings. The molecule has 0 spiro atoms. The lowest BCUT2D eigenvalue weighted by Crippen LogP contribution is -2.23. The highest BCUT2D eigenvalue weighted by Gasteiger charge is 2.23. The molecule has 1 aromatic rings. The smallest absolute Gasteiger partial charge is 0.0440 e. The van der Waals surface area contributed by atoms with E-state index in [1.807, 2.05) is 0 Å². The molecule has 2 heterocycles. The van der Waals surface area contributed by atoms with E-state index in [0.29, 0.717) is 6.04 Å². The molecule has 1 aliphatic heterocycles. The van der Waals surface area contributed by atoms with Crippen LogP contribution in [-0.2, 0) is 12.2 Å². The lowest BCUT2D eigenvalue weighted by molar-refractivity contribution is 0.364. The van der Waals surface area contributed by atoms with E-state index in [0.717, 1.165) is 5.92 Å². The van der Waals surface area contributed by atoms with Gasteiger partial charge in [0.2, 0.25) is 0 Å². The Morgan fingerprint density at radius 2 is 2.12 bits per heavy atom. The second-order valence-electron chi connectivity index (χ2n) is 4.74. The zero-order chi connectivity index (χ0) is 12.3. The number of thioether (sulfide) groups is 1. The molecular formula is C14H23NS2. The predicted molar refractivity (Wildman–Crippen MR) is 80.1 cm³/mol. The number of aryl methyl sites for hydroxylation is 1. The summed E-state index contributed by atoms with van der Waals surface area (Å²) < 4.78 is 0. The van der Waals surface area contributed by atoms with Gasteiger partial charge in [-0.3, -0.25) is 0 Å². The molecule has 0 radical (unpaired) electrons. The molecule has 3 heteroatoms. The van der Waals surface area contributed by atoms with Gasteiger partial charge in [0.15, 0.2) is 0 Å². The first-order valence-electron chi connectivity index (χ1n) is 6.66. The first-order valence-corrected chi connectivity index (χ1v) is 8.63. The number of thiophene rings is 1. The summed E-state index contributed by atoms with van der Waals surface area (Å²) in [5, 5.41) is 3.53. The minimum Gasteiger partial charge on any atom is -0.312 e. The van der Waals surface area contributed by atoms with Gasteiger partial charge in [0, 0.05) is 21.5 Å². The van der Waals surface area contributed by atoms with Crippen molar-refractivity contribution in [3.05, 3.63) is 21.4 Å². The van der Waals surface area contributed by atoms with Crippen molar-refractivity contribution in [3.63, 3.8) is 0 Å². The normalized spacial score (nSPS) is 17.2. The van der Waals surface area contributed by atoms with Crippen LogP contribution < -0.4 is 5.32 Å². The Labute approximate surface area is 113 Å². The molecule has 1 N–H and O–H groups in total. The first kappa shape index (κ1) is 13.4. The molecule has 0 bridgehead atoms. The van der Waals surface area contributed by atoms with Crippen molar-refractivity contribution in [1.82, 2.24) is 5.32 Å². The fourth-order valence-corrected chi connectivity index (χ4v) is 5.27. The topological polar surface area (TPSA) is 12.0 Å². The van der Waals surface area contributed by atoms with Crippen LogP contribution in [-0.4, -0.2) is 12.8 Å². The van der Waals surface area contributed by atoms with Gasteiger partial charge in [0.1, 0.15) is 0 Å². The highest BCUT2D eigenvalue weighted by atomic mass is 32.2. The van der Waals surface area contributed by atoms with Gasteiger partial charge >= 0.3 is 0 Å². The molecule has 96 valence electrons. The largest absolute Gasteiger partial charge is 0.312 e. The summed E-state index contributed by atoms with van der Waals surface area (Å²) in [5.41, 5.74) is 1.60. The van der Waals surface area contributed by atoms with Gasteiger partial charge in [-0.05, 0) is 36.8 Å². The molecule has 0 aromatic carbocycles. The SMILES string of the molecule is CCC(CC)C(NC)c1cc2c(s1)CCSC2. The number of nitrogens with one attached hydrogen (secondary N) is 1. The van der Waals surface area contributed by atoms with Crippen molar-refractivity contribution >= 4 is 23.1 Å². The van der Waals surface area contributed by atoms with Crippen molar-refractivity contribution < 1.29 is 0 Å². The summed E-state index contributed by atoms with van der Waals surface area (Å²) in [7, 11) is 2.11. The molecule has 0 aliphatic carbocycles. The lowest BCUT2D eigenvalue weighted by atomic mass is 9.93. The molecule has 0 amide bonds. The number of rotatable bonds is 5. The lowest BCUT2D eigenvalue weighted by Gasteiger charge is -2.23. The van der Waals surface area contributed by atoms with Crippen LogP contribution in [0.4, 0.5) is 0 Å². The predicted octanol–water partition coefficient (Wildman–Crippen LogP) is 4.23. The molecule has 0 fully saturated rings. The van der Waals surface area contributed by atoms with Crippen LogP contribution in [0.5, 0.6) is 0 Å². The Morgan fingerprint density at radius 3 is 2.71 bits per heavy atom. The second-order valence-corrected chi connectivity index (χ2v) is 7.02. The van der Waals surface area contributed by atoms with E-state index in [1.165, 1.54) is 30.8 Å². The Hall–Kier alpha value is 0.01000. The number of fused-ring (bicyclic) bond motifs is 1. The van der Waals surface area contributed by atoms with Crippen molar-refractivity contribution in [2.75, 3.05) is 12.8 Å². The zero-order valence-corrected chi connectivity index (χ0v) is 12.7. The number of hydrogen-bond acceptors (Lipinski definition) is 3.